The Hall–Kier alpha value is -1.85. The van der Waals surface area contributed by atoms with Gasteiger partial charge in [0, 0.05) is 18.4 Å². The molecule has 21 heavy (non-hydrogen) atoms. The summed E-state index contributed by atoms with van der Waals surface area (Å²) < 4.78 is 28.3. The Morgan fingerprint density at radius 2 is 1.67 bits per heavy atom. The van der Waals surface area contributed by atoms with Crippen LogP contribution in [-0.2, 0) is 16.4 Å². The number of hydrogen-bond donors (Lipinski definition) is 1. The van der Waals surface area contributed by atoms with Crippen LogP contribution in [-0.4, -0.2) is 28.8 Å². The number of benzene rings is 2. The van der Waals surface area contributed by atoms with Crippen molar-refractivity contribution >= 4 is 9.84 Å². The summed E-state index contributed by atoms with van der Waals surface area (Å²) in [5.41, 5.74) is 3.06. The van der Waals surface area contributed by atoms with Gasteiger partial charge in [0.2, 0.25) is 0 Å². The van der Waals surface area contributed by atoms with Crippen molar-refractivity contribution in [3.05, 3.63) is 48.0 Å². The predicted molar refractivity (Wildman–Crippen MR) is 84.3 cm³/mol. The van der Waals surface area contributed by atoms with Crippen molar-refractivity contribution in [1.82, 2.24) is 5.32 Å². The molecule has 2 aromatic carbocycles. The van der Waals surface area contributed by atoms with Crippen LogP contribution in [0.15, 0.2) is 47.4 Å². The second-order valence-corrected chi connectivity index (χ2v) is 6.87. The zero-order valence-electron chi connectivity index (χ0n) is 12.4. The van der Waals surface area contributed by atoms with E-state index in [0.717, 1.165) is 22.4 Å². The molecule has 2 aromatic rings. The highest BCUT2D eigenvalue weighted by atomic mass is 32.2. The van der Waals surface area contributed by atoms with Gasteiger partial charge in [-0.25, -0.2) is 8.42 Å². The molecule has 0 saturated heterocycles. The van der Waals surface area contributed by atoms with E-state index in [-0.39, 0.29) is 0 Å². The molecule has 0 amide bonds. The monoisotopic (exact) mass is 305 g/mol. The minimum Gasteiger partial charge on any atom is -0.496 e. The molecular weight excluding hydrogens is 286 g/mol. The van der Waals surface area contributed by atoms with Crippen molar-refractivity contribution in [2.75, 3.05) is 20.4 Å². The molecule has 0 aliphatic carbocycles. The minimum atomic E-state index is -3.16. The van der Waals surface area contributed by atoms with Crippen molar-refractivity contribution in [3.63, 3.8) is 0 Å². The van der Waals surface area contributed by atoms with Crippen LogP contribution in [0.4, 0.5) is 0 Å². The lowest BCUT2D eigenvalue weighted by Crippen LogP contribution is -2.06. The van der Waals surface area contributed by atoms with Gasteiger partial charge in [0.1, 0.15) is 5.75 Å². The van der Waals surface area contributed by atoms with Crippen LogP contribution < -0.4 is 10.1 Å². The lowest BCUT2D eigenvalue weighted by molar-refractivity contribution is 0.408. The molecule has 0 unspecified atom stereocenters. The van der Waals surface area contributed by atoms with E-state index in [9.17, 15) is 8.42 Å². The highest BCUT2D eigenvalue weighted by molar-refractivity contribution is 7.90. The Balaban J connectivity index is 2.40. The summed E-state index contributed by atoms with van der Waals surface area (Å²) in [7, 11) is 0.371. The van der Waals surface area contributed by atoms with Crippen LogP contribution >= 0.6 is 0 Å². The molecule has 0 fully saturated rings. The van der Waals surface area contributed by atoms with Gasteiger partial charge >= 0.3 is 0 Å². The Morgan fingerprint density at radius 1 is 1.05 bits per heavy atom. The van der Waals surface area contributed by atoms with E-state index in [1.165, 1.54) is 6.26 Å². The second-order valence-electron chi connectivity index (χ2n) is 4.85. The van der Waals surface area contributed by atoms with E-state index in [2.05, 4.69) is 5.32 Å². The third kappa shape index (κ3) is 3.62. The summed E-state index contributed by atoms with van der Waals surface area (Å²) in [6.45, 7) is 0.707. The smallest absolute Gasteiger partial charge is 0.175 e. The highest BCUT2D eigenvalue weighted by Crippen LogP contribution is 2.27. The van der Waals surface area contributed by atoms with Crippen molar-refractivity contribution in [2.24, 2.45) is 0 Å². The Labute approximate surface area is 125 Å². The quantitative estimate of drug-likeness (QED) is 0.922. The maximum absolute atomic E-state index is 11.5. The van der Waals surface area contributed by atoms with E-state index < -0.39 is 9.84 Å². The van der Waals surface area contributed by atoms with Gasteiger partial charge in [-0.05, 0) is 42.4 Å². The number of rotatable bonds is 5. The molecule has 4 nitrogen and oxygen atoms in total. The van der Waals surface area contributed by atoms with Gasteiger partial charge in [-0.15, -0.1) is 0 Å². The molecule has 5 heteroatoms. The number of nitrogens with one attached hydrogen (secondary N) is 1. The zero-order chi connectivity index (χ0) is 15.5. The predicted octanol–water partition coefficient (Wildman–Crippen LogP) is 2.49. The summed E-state index contributed by atoms with van der Waals surface area (Å²) in [4.78, 5) is 0.329. The van der Waals surface area contributed by atoms with Crippen LogP contribution in [0.5, 0.6) is 5.75 Å². The average molecular weight is 305 g/mol. The molecule has 2 rings (SSSR count). The number of ether oxygens (including phenoxy) is 1. The topological polar surface area (TPSA) is 55.4 Å². The average Bonchev–Trinajstić information content (AvgIpc) is 2.47. The van der Waals surface area contributed by atoms with E-state index in [4.69, 9.17) is 4.74 Å². The van der Waals surface area contributed by atoms with Gasteiger partial charge in [0.15, 0.2) is 9.84 Å². The summed E-state index contributed by atoms with van der Waals surface area (Å²) >= 11 is 0. The molecule has 0 bridgehead atoms. The maximum atomic E-state index is 11.5. The van der Waals surface area contributed by atoms with Crippen LogP contribution in [0.2, 0.25) is 0 Å². The lowest BCUT2D eigenvalue weighted by atomic mass is 10.0. The van der Waals surface area contributed by atoms with Gasteiger partial charge < -0.3 is 10.1 Å². The third-order valence-corrected chi connectivity index (χ3v) is 4.39. The number of hydrogen-bond acceptors (Lipinski definition) is 4. The first-order valence-corrected chi connectivity index (χ1v) is 8.47. The largest absolute Gasteiger partial charge is 0.496 e. The lowest BCUT2D eigenvalue weighted by Gasteiger charge is -2.11. The van der Waals surface area contributed by atoms with Crippen LogP contribution in [0.1, 0.15) is 5.56 Å². The fourth-order valence-corrected chi connectivity index (χ4v) is 2.81. The summed E-state index contributed by atoms with van der Waals surface area (Å²) in [6, 6.07) is 12.8. The second kappa shape index (κ2) is 6.28. The molecule has 0 aliphatic rings. The fourth-order valence-electron chi connectivity index (χ4n) is 2.18. The summed E-state index contributed by atoms with van der Waals surface area (Å²) in [6.07, 6.45) is 1.21. The molecule has 0 aliphatic heterocycles. The van der Waals surface area contributed by atoms with E-state index in [1.54, 1.807) is 19.2 Å². The van der Waals surface area contributed by atoms with Crippen molar-refractivity contribution in [1.29, 1.82) is 0 Å². The van der Waals surface area contributed by atoms with Crippen LogP contribution in [0.3, 0.4) is 0 Å². The normalized spacial score (nSPS) is 11.4. The van der Waals surface area contributed by atoms with Crippen LogP contribution in [0, 0.1) is 0 Å². The van der Waals surface area contributed by atoms with Crippen molar-refractivity contribution in [2.45, 2.75) is 11.4 Å². The molecule has 112 valence electrons. The molecule has 0 saturated carbocycles. The van der Waals surface area contributed by atoms with Gasteiger partial charge in [-0.1, -0.05) is 18.2 Å². The van der Waals surface area contributed by atoms with E-state index in [0.29, 0.717) is 11.4 Å². The summed E-state index contributed by atoms with van der Waals surface area (Å²) in [5, 5.41) is 3.11. The molecule has 0 radical (unpaired) electrons. The molecule has 0 spiro atoms. The SMILES string of the molecule is CNCc1cc(-c2ccc(S(C)(=O)=O)cc2)ccc1OC. The molecule has 0 atom stereocenters. The Bertz CT molecular complexity index is 722. The van der Waals surface area contributed by atoms with Crippen LogP contribution in [0.25, 0.3) is 11.1 Å². The number of sulfone groups is 1. The van der Waals surface area contributed by atoms with Crippen molar-refractivity contribution < 1.29 is 13.2 Å². The Morgan fingerprint density at radius 3 is 2.19 bits per heavy atom. The molecule has 1 N–H and O–H groups in total. The van der Waals surface area contributed by atoms with E-state index in [1.807, 2.05) is 37.4 Å². The molecular formula is C16H19NO3S. The first-order chi connectivity index (χ1) is 9.95. The van der Waals surface area contributed by atoms with Crippen molar-refractivity contribution in [3.8, 4) is 16.9 Å². The summed E-state index contributed by atoms with van der Waals surface area (Å²) in [5.74, 6) is 0.834. The highest BCUT2D eigenvalue weighted by Gasteiger charge is 2.08. The van der Waals surface area contributed by atoms with Gasteiger partial charge in [-0.2, -0.15) is 0 Å². The van der Waals surface area contributed by atoms with Gasteiger partial charge in [-0.3, -0.25) is 0 Å². The first kappa shape index (κ1) is 15.5. The van der Waals surface area contributed by atoms with Gasteiger partial charge in [0.25, 0.3) is 0 Å². The standard InChI is InChI=1S/C16H19NO3S/c1-17-11-14-10-13(6-9-16(14)20-2)12-4-7-15(8-5-12)21(3,18)19/h4-10,17H,11H2,1-3H3. The number of methoxy groups -OCH3 is 1. The van der Waals surface area contributed by atoms with E-state index >= 15 is 0 Å². The fraction of sp³-hybridized carbons (Fsp3) is 0.250. The maximum Gasteiger partial charge on any atom is 0.175 e. The molecule has 0 aromatic heterocycles. The Kier molecular flexibility index (Phi) is 4.65. The minimum absolute atomic E-state index is 0.329. The van der Waals surface area contributed by atoms with Gasteiger partial charge in [0.05, 0.1) is 12.0 Å². The first-order valence-electron chi connectivity index (χ1n) is 6.57. The third-order valence-electron chi connectivity index (χ3n) is 3.26. The zero-order valence-corrected chi connectivity index (χ0v) is 13.2. The molecule has 0 heterocycles.